The highest BCUT2D eigenvalue weighted by molar-refractivity contribution is 5.80. The molecule has 3 nitrogen and oxygen atoms in total. The zero-order valence-electron chi connectivity index (χ0n) is 11.0. The fourth-order valence-corrected chi connectivity index (χ4v) is 2.09. The van der Waals surface area contributed by atoms with Crippen LogP contribution in [-0.4, -0.2) is 12.1 Å². The third-order valence-electron chi connectivity index (χ3n) is 3.11. The highest BCUT2D eigenvalue weighted by atomic mass is 19.1. The number of hydrogen-bond donors (Lipinski definition) is 1. The van der Waals surface area contributed by atoms with E-state index in [2.05, 4.69) is 4.98 Å². The molecule has 0 spiro atoms. The molecule has 1 N–H and O–H groups in total. The summed E-state index contributed by atoms with van der Waals surface area (Å²) in [5, 5.41) is 0.846. The van der Waals surface area contributed by atoms with Gasteiger partial charge in [-0.25, -0.2) is 4.39 Å². The number of halogens is 1. The summed E-state index contributed by atoms with van der Waals surface area (Å²) < 4.78 is 24.3. The lowest BCUT2D eigenvalue weighted by Gasteiger charge is -2.05. The van der Waals surface area contributed by atoms with Gasteiger partial charge < -0.3 is 14.5 Å². The minimum Gasteiger partial charge on any atom is -0.497 e. The van der Waals surface area contributed by atoms with E-state index in [1.165, 1.54) is 6.07 Å². The van der Waals surface area contributed by atoms with Crippen LogP contribution in [0.25, 0.3) is 10.9 Å². The number of hydrogen-bond acceptors (Lipinski definition) is 2. The van der Waals surface area contributed by atoms with E-state index in [9.17, 15) is 4.39 Å². The molecule has 0 aliphatic heterocycles. The number of benzene rings is 2. The van der Waals surface area contributed by atoms with E-state index >= 15 is 0 Å². The summed E-state index contributed by atoms with van der Waals surface area (Å²) in [5.74, 6) is 1.27. The SMILES string of the molecule is COc1ccc(OCc2cc3cccc(F)c3[nH]2)cc1. The molecule has 3 rings (SSSR count). The molecule has 0 radical (unpaired) electrons. The predicted molar refractivity (Wildman–Crippen MR) is 75.6 cm³/mol. The largest absolute Gasteiger partial charge is 0.497 e. The highest BCUT2D eigenvalue weighted by Gasteiger charge is 2.05. The maximum atomic E-state index is 13.6. The first kappa shape index (κ1) is 12.5. The van der Waals surface area contributed by atoms with Gasteiger partial charge in [-0.15, -0.1) is 0 Å². The van der Waals surface area contributed by atoms with Crippen molar-refractivity contribution in [3.8, 4) is 11.5 Å². The number of aromatic amines is 1. The number of H-pyrrole nitrogens is 1. The Hall–Kier alpha value is -2.49. The molecule has 1 heterocycles. The molecule has 102 valence electrons. The second-order valence-corrected chi connectivity index (χ2v) is 4.46. The van der Waals surface area contributed by atoms with E-state index in [-0.39, 0.29) is 5.82 Å². The smallest absolute Gasteiger partial charge is 0.147 e. The zero-order chi connectivity index (χ0) is 13.9. The van der Waals surface area contributed by atoms with Gasteiger partial charge in [0.2, 0.25) is 0 Å². The quantitative estimate of drug-likeness (QED) is 0.781. The van der Waals surface area contributed by atoms with Crippen molar-refractivity contribution in [1.82, 2.24) is 4.98 Å². The van der Waals surface area contributed by atoms with Gasteiger partial charge >= 0.3 is 0 Å². The van der Waals surface area contributed by atoms with Gasteiger partial charge in [0.15, 0.2) is 0 Å². The second-order valence-electron chi connectivity index (χ2n) is 4.46. The molecule has 0 saturated heterocycles. The summed E-state index contributed by atoms with van der Waals surface area (Å²) in [6, 6.07) is 14.2. The maximum Gasteiger partial charge on any atom is 0.147 e. The van der Waals surface area contributed by atoms with Gasteiger partial charge in [-0.3, -0.25) is 0 Å². The van der Waals surface area contributed by atoms with Gasteiger partial charge in [0.25, 0.3) is 0 Å². The second kappa shape index (κ2) is 5.25. The van der Waals surface area contributed by atoms with Crippen molar-refractivity contribution >= 4 is 10.9 Å². The van der Waals surface area contributed by atoms with Gasteiger partial charge in [-0.2, -0.15) is 0 Å². The van der Waals surface area contributed by atoms with Crippen molar-refractivity contribution in [2.45, 2.75) is 6.61 Å². The minimum absolute atomic E-state index is 0.252. The number of fused-ring (bicyclic) bond motifs is 1. The summed E-state index contributed by atoms with van der Waals surface area (Å²) >= 11 is 0. The van der Waals surface area contributed by atoms with Gasteiger partial charge in [0.1, 0.15) is 23.9 Å². The minimum atomic E-state index is -0.252. The van der Waals surface area contributed by atoms with Crippen LogP contribution in [0.2, 0.25) is 0 Å². The van der Waals surface area contributed by atoms with Crippen LogP contribution in [-0.2, 0) is 6.61 Å². The van der Waals surface area contributed by atoms with Crippen molar-refractivity contribution in [3.05, 3.63) is 60.0 Å². The molecule has 0 unspecified atom stereocenters. The van der Waals surface area contributed by atoms with Gasteiger partial charge in [0, 0.05) is 5.39 Å². The van der Waals surface area contributed by atoms with Crippen LogP contribution < -0.4 is 9.47 Å². The molecular formula is C16H14FNO2. The summed E-state index contributed by atoms with van der Waals surface area (Å²) in [4.78, 5) is 3.03. The molecule has 4 heteroatoms. The number of rotatable bonds is 4. The van der Waals surface area contributed by atoms with Crippen LogP contribution >= 0.6 is 0 Å². The Balaban J connectivity index is 1.74. The zero-order valence-corrected chi connectivity index (χ0v) is 11.0. The Morgan fingerprint density at radius 2 is 1.80 bits per heavy atom. The fourth-order valence-electron chi connectivity index (χ4n) is 2.09. The monoisotopic (exact) mass is 271 g/mol. The van der Waals surface area contributed by atoms with E-state index < -0.39 is 0 Å². The Morgan fingerprint density at radius 1 is 1.05 bits per heavy atom. The molecule has 3 aromatic rings. The Labute approximate surface area is 116 Å². The number of para-hydroxylation sites is 1. The molecule has 0 bridgehead atoms. The van der Waals surface area contributed by atoms with E-state index in [0.717, 1.165) is 22.6 Å². The first-order valence-electron chi connectivity index (χ1n) is 6.29. The first-order valence-corrected chi connectivity index (χ1v) is 6.29. The van der Waals surface area contributed by atoms with Crippen molar-refractivity contribution in [3.63, 3.8) is 0 Å². The number of methoxy groups -OCH3 is 1. The van der Waals surface area contributed by atoms with E-state index in [0.29, 0.717) is 12.1 Å². The van der Waals surface area contributed by atoms with Crippen LogP contribution in [0.15, 0.2) is 48.5 Å². The summed E-state index contributed by atoms with van der Waals surface area (Å²) in [5.41, 5.74) is 1.35. The van der Waals surface area contributed by atoms with Crippen LogP contribution in [0.1, 0.15) is 5.69 Å². The van der Waals surface area contributed by atoms with Crippen molar-refractivity contribution in [1.29, 1.82) is 0 Å². The lowest BCUT2D eigenvalue weighted by molar-refractivity contribution is 0.301. The van der Waals surface area contributed by atoms with E-state index in [4.69, 9.17) is 9.47 Å². The molecule has 0 fully saturated rings. The summed E-state index contributed by atoms with van der Waals surface area (Å²) in [6.07, 6.45) is 0. The van der Waals surface area contributed by atoms with Crippen molar-refractivity contribution in [2.24, 2.45) is 0 Å². The normalized spacial score (nSPS) is 10.7. The van der Waals surface area contributed by atoms with Crippen molar-refractivity contribution in [2.75, 3.05) is 7.11 Å². The number of ether oxygens (including phenoxy) is 2. The maximum absolute atomic E-state index is 13.6. The lowest BCUT2D eigenvalue weighted by atomic mass is 10.2. The standard InChI is InChI=1S/C16H14FNO2/c1-19-13-5-7-14(8-6-13)20-10-12-9-11-3-2-4-15(17)16(11)18-12/h2-9,18H,10H2,1H3. The average molecular weight is 271 g/mol. The van der Waals surface area contributed by atoms with Gasteiger partial charge in [-0.1, -0.05) is 12.1 Å². The van der Waals surface area contributed by atoms with Crippen LogP contribution in [0.5, 0.6) is 11.5 Å². The van der Waals surface area contributed by atoms with Crippen molar-refractivity contribution < 1.29 is 13.9 Å². The highest BCUT2D eigenvalue weighted by Crippen LogP contribution is 2.21. The molecule has 1 aromatic heterocycles. The average Bonchev–Trinajstić information content (AvgIpc) is 2.90. The molecule has 2 aromatic carbocycles. The third kappa shape index (κ3) is 2.45. The summed E-state index contributed by atoms with van der Waals surface area (Å²) in [6.45, 7) is 0.362. The Bertz CT molecular complexity index is 719. The van der Waals surface area contributed by atoms with Gasteiger partial charge in [0.05, 0.1) is 18.3 Å². The molecule has 0 atom stereocenters. The van der Waals surface area contributed by atoms with E-state index in [1.54, 1.807) is 13.2 Å². The number of nitrogens with one attached hydrogen (secondary N) is 1. The van der Waals surface area contributed by atoms with Crippen LogP contribution in [0, 0.1) is 5.82 Å². The molecule has 20 heavy (non-hydrogen) atoms. The summed E-state index contributed by atoms with van der Waals surface area (Å²) in [7, 11) is 1.62. The first-order chi connectivity index (χ1) is 9.76. The molecule has 0 saturated carbocycles. The Morgan fingerprint density at radius 3 is 2.50 bits per heavy atom. The molecule has 0 aliphatic carbocycles. The van der Waals surface area contributed by atoms with Gasteiger partial charge in [-0.05, 0) is 36.4 Å². The molecule has 0 amide bonds. The molecular weight excluding hydrogens is 257 g/mol. The fraction of sp³-hybridized carbons (Fsp3) is 0.125. The third-order valence-corrected chi connectivity index (χ3v) is 3.11. The lowest BCUT2D eigenvalue weighted by Crippen LogP contribution is -1.95. The Kier molecular flexibility index (Phi) is 3.29. The van der Waals surface area contributed by atoms with Crippen LogP contribution in [0.3, 0.4) is 0 Å². The van der Waals surface area contributed by atoms with Crippen LogP contribution in [0.4, 0.5) is 4.39 Å². The topological polar surface area (TPSA) is 34.2 Å². The number of aromatic nitrogens is 1. The molecule has 0 aliphatic rings. The predicted octanol–water partition coefficient (Wildman–Crippen LogP) is 3.89. The van der Waals surface area contributed by atoms with E-state index in [1.807, 2.05) is 36.4 Å².